The lowest BCUT2D eigenvalue weighted by Crippen LogP contribution is -2.13. The van der Waals surface area contributed by atoms with Gasteiger partial charge in [0.25, 0.3) is 5.91 Å². The standard InChI is InChI=1S/C13H11BrFNO2/c1-7-5-10(8(2)18-7)13(17)16-12-4-3-9(14)6-11(12)15/h3-6H,1-2H3,(H,16,17). The molecule has 0 saturated carbocycles. The van der Waals surface area contributed by atoms with Crippen molar-refractivity contribution in [3.63, 3.8) is 0 Å². The fourth-order valence-corrected chi connectivity index (χ4v) is 1.97. The highest BCUT2D eigenvalue weighted by Crippen LogP contribution is 2.21. The van der Waals surface area contributed by atoms with Crippen LogP contribution in [0.25, 0.3) is 0 Å². The molecule has 0 unspecified atom stereocenters. The predicted octanol–water partition coefficient (Wildman–Crippen LogP) is 4.05. The van der Waals surface area contributed by atoms with Gasteiger partial charge in [-0.2, -0.15) is 0 Å². The summed E-state index contributed by atoms with van der Waals surface area (Å²) in [6.07, 6.45) is 0. The van der Waals surface area contributed by atoms with E-state index in [-0.39, 0.29) is 11.6 Å². The topological polar surface area (TPSA) is 42.2 Å². The summed E-state index contributed by atoms with van der Waals surface area (Å²) in [6.45, 7) is 3.45. The lowest BCUT2D eigenvalue weighted by molar-refractivity contribution is 0.102. The van der Waals surface area contributed by atoms with E-state index in [1.54, 1.807) is 26.0 Å². The first-order valence-corrected chi connectivity index (χ1v) is 6.10. The lowest BCUT2D eigenvalue weighted by Gasteiger charge is -2.05. The van der Waals surface area contributed by atoms with Crippen molar-refractivity contribution in [2.75, 3.05) is 5.32 Å². The second kappa shape index (κ2) is 4.94. The van der Waals surface area contributed by atoms with Crippen LogP contribution in [0, 0.1) is 19.7 Å². The Labute approximate surface area is 112 Å². The maximum Gasteiger partial charge on any atom is 0.259 e. The van der Waals surface area contributed by atoms with Crippen LogP contribution in [0.1, 0.15) is 21.9 Å². The number of halogens is 2. The molecule has 1 N–H and O–H groups in total. The number of nitrogens with one attached hydrogen (secondary N) is 1. The van der Waals surface area contributed by atoms with Crippen LogP contribution in [0.4, 0.5) is 10.1 Å². The van der Waals surface area contributed by atoms with Crippen molar-refractivity contribution < 1.29 is 13.6 Å². The molecule has 0 aliphatic rings. The van der Waals surface area contributed by atoms with Gasteiger partial charge in [-0.15, -0.1) is 0 Å². The van der Waals surface area contributed by atoms with Gasteiger partial charge in [0.05, 0.1) is 11.3 Å². The number of carbonyl (C=O) groups excluding carboxylic acids is 1. The number of amides is 1. The highest BCUT2D eigenvalue weighted by atomic mass is 79.9. The van der Waals surface area contributed by atoms with Gasteiger partial charge in [0.1, 0.15) is 17.3 Å². The Bertz CT molecular complexity index is 607. The van der Waals surface area contributed by atoms with Gasteiger partial charge in [0.15, 0.2) is 0 Å². The normalized spacial score (nSPS) is 10.4. The molecule has 0 fully saturated rings. The summed E-state index contributed by atoms with van der Waals surface area (Å²) in [4.78, 5) is 11.9. The summed E-state index contributed by atoms with van der Waals surface area (Å²) in [5.74, 6) is 0.289. The number of benzene rings is 1. The molecule has 2 aromatic rings. The van der Waals surface area contributed by atoms with Gasteiger partial charge in [-0.05, 0) is 38.1 Å². The van der Waals surface area contributed by atoms with E-state index in [4.69, 9.17) is 4.42 Å². The first kappa shape index (κ1) is 12.8. The smallest absolute Gasteiger partial charge is 0.259 e. The van der Waals surface area contributed by atoms with Crippen LogP contribution in [-0.2, 0) is 0 Å². The molecule has 5 heteroatoms. The number of hydrogen-bond acceptors (Lipinski definition) is 2. The zero-order valence-electron chi connectivity index (χ0n) is 9.88. The molecule has 3 nitrogen and oxygen atoms in total. The molecule has 0 aliphatic heterocycles. The van der Waals surface area contributed by atoms with E-state index >= 15 is 0 Å². The van der Waals surface area contributed by atoms with E-state index in [0.29, 0.717) is 21.6 Å². The Morgan fingerprint density at radius 2 is 2.06 bits per heavy atom. The van der Waals surface area contributed by atoms with E-state index in [2.05, 4.69) is 21.2 Å². The van der Waals surface area contributed by atoms with Crippen LogP contribution in [0.15, 0.2) is 33.2 Å². The van der Waals surface area contributed by atoms with Crippen molar-refractivity contribution in [1.29, 1.82) is 0 Å². The van der Waals surface area contributed by atoms with Gasteiger partial charge in [-0.25, -0.2) is 4.39 Å². The number of furan rings is 1. The molecule has 1 amide bonds. The molecule has 0 bridgehead atoms. The van der Waals surface area contributed by atoms with Crippen molar-refractivity contribution >= 4 is 27.5 Å². The van der Waals surface area contributed by atoms with Gasteiger partial charge in [-0.3, -0.25) is 4.79 Å². The Hall–Kier alpha value is -1.62. The van der Waals surface area contributed by atoms with E-state index in [9.17, 15) is 9.18 Å². The van der Waals surface area contributed by atoms with Crippen LogP contribution in [0.2, 0.25) is 0 Å². The quantitative estimate of drug-likeness (QED) is 0.909. The summed E-state index contributed by atoms with van der Waals surface area (Å²) < 4.78 is 19.4. The van der Waals surface area contributed by atoms with E-state index in [1.165, 1.54) is 12.1 Å². The van der Waals surface area contributed by atoms with Gasteiger partial charge in [0, 0.05) is 4.47 Å². The molecular formula is C13H11BrFNO2. The summed E-state index contributed by atoms with van der Waals surface area (Å²) in [7, 11) is 0. The molecule has 2 rings (SSSR count). The maximum atomic E-state index is 13.6. The number of carbonyl (C=O) groups is 1. The van der Waals surface area contributed by atoms with Gasteiger partial charge >= 0.3 is 0 Å². The third-order valence-corrected chi connectivity index (χ3v) is 2.96. The average Bonchev–Trinajstić information content (AvgIpc) is 2.62. The molecule has 94 valence electrons. The second-order valence-electron chi connectivity index (χ2n) is 3.91. The largest absolute Gasteiger partial charge is 0.466 e. The summed E-state index contributed by atoms with van der Waals surface area (Å²) in [5.41, 5.74) is 0.552. The zero-order chi connectivity index (χ0) is 13.3. The minimum atomic E-state index is -0.490. The zero-order valence-corrected chi connectivity index (χ0v) is 11.5. The van der Waals surface area contributed by atoms with Crippen LogP contribution in [0.5, 0.6) is 0 Å². The Balaban J connectivity index is 2.24. The predicted molar refractivity (Wildman–Crippen MR) is 70.2 cm³/mol. The fraction of sp³-hybridized carbons (Fsp3) is 0.154. The molecule has 0 spiro atoms. The summed E-state index contributed by atoms with van der Waals surface area (Å²) >= 11 is 3.15. The summed E-state index contributed by atoms with van der Waals surface area (Å²) in [5, 5.41) is 2.51. The average molecular weight is 312 g/mol. The molecule has 1 aromatic heterocycles. The fourth-order valence-electron chi connectivity index (χ4n) is 1.64. The highest BCUT2D eigenvalue weighted by molar-refractivity contribution is 9.10. The minimum Gasteiger partial charge on any atom is -0.466 e. The maximum absolute atomic E-state index is 13.6. The third kappa shape index (κ3) is 2.61. The van der Waals surface area contributed by atoms with E-state index in [1.807, 2.05) is 0 Å². The van der Waals surface area contributed by atoms with Crippen molar-refractivity contribution in [1.82, 2.24) is 0 Å². The lowest BCUT2D eigenvalue weighted by atomic mass is 10.2. The molecular weight excluding hydrogens is 301 g/mol. The summed E-state index contributed by atoms with van der Waals surface area (Å²) in [6, 6.07) is 6.08. The SMILES string of the molecule is Cc1cc(C(=O)Nc2ccc(Br)cc2F)c(C)o1. The molecule has 1 aromatic carbocycles. The van der Waals surface area contributed by atoms with Crippen LogP contribution in [-0.4, -0.2) is 5.91 Å². The molecule has 0 radical (unpaired) electrons. The van der Waals surface area contributed by atoms with Crippen LogP contribution < -0.4 is 5.32 Å². The minimum absolute atomic E-state index is 0.140. The van der Waals surface area contributed by atoms with Crippen molar-refractivity contribution in [3.05, 3.63) is 51.6 Å². The van der Waals surface area contributed by atoms with Crippen molar-refractivity contribution in [2.24, 2.45) is 0 Å². The number of aryl methyl sites for hydroxylation is 2. The van der Waals surface area contributed by atoms with Crippen LogP contribution in [0.3, 0.4) is 0 Å². The first-order chi connectivity index (χ1) is 8.47. The highest BCUT2D eigenvalue weighted by Gasteiger charge is 2.15. The third-order valence-electron chi connectivity index (χ3n) is 2.46. The number of hydrogen-bond donors (Lipinski definition) is 1. The first-order valence-electron chi connectivity index (χ1n) is 5.31. The van der Waals surface area contributed by atoms with Gasteiger partial charge in [0.2, 0.25) is 0 Å². The number of anilines is 1. The Morgan fingerprint density at radius 1 is 1.33 bits per heavy atom. The van der Waals surface area contributed by atoms with E-state index < -0.39 is 5.82 Å². The Kier molecular flexibility index (Phi) is 3.52. The van der Waals surface area contributed by atoms with E-state index in [0.717, 1.165) is 0 Å². The number of rotatable bonds is 2. The molecule has 0 atom stereocenters. The van der Waals surface area contributed by atoms with Crippen molar-refractivity contribution in [2.45, 2.75) is 13.8 Å². The molecule has 0 aliphatic carbocycles. The van der Waals surface area contributed by atoms with Crippen molar-refractivity contribution in [3.8, 4) is 0 Å². The molecule has 1 heterocycles. The Morgan fingerprint density at radius 3 is 2.61 bits per heavy atom. The van der Waals surface area contributed by atoms with Crippen LogP contribution >= 0.6 is 15.9 Å². The van der Waals surface area contributed by atoms with Gasteiger partial charge in [-0.1, -0.05) is 15.9 Å². The molecule has 0 saturated heterocycles. The molecule has 18 heavy (non-hydrogen) atoms. The van der Waals surface area contributed by atoms with Gasteiger partial charge < -0.3 is 9.73 Å². The second-order valence-corrected chi connectivity index (χ2v) is 4.82. The monoisotopic (exact) mass is 311 g/mol.